The van der Waals surface area contributed by atoms with Gasteiger partial charge in [0, 0.05) is 11.6 Å². The van der Waals surface area contributed by atoms with Gasteiger partial charge in [-0.1, -0.05) is 54.1 Å². The molecule has 0 aliphatic carbocycles. The largest absolute Gasteiger partial charge is 0.302 e. The Kier molecular flexibility index (Phi) is 6.55. The summed E-state index contributed by atoms with van der Waals surface area (Å²) in [5.74, 6) is -1.04. The van der Waals surface area contributed by atoms with E-state index < -0.39 is 16.5 Å². The molecule has 0 aliphatic heterocycles. The van der Waals surface area contributed by atoms with Crippen LogP contribution in [0.4, 0.5) is 5.69 Å². The second-order valence-corrected chi connectivity index (χ2v) is 7.01. The van der Waals surface area contributed by atoms with Crippen LogP contribution in [-0.4, -0.2) is 21.9 Å². The SMILES string of the molecule is O=C(Cc1cccc2ccccc12)NC(=S)NNC(=O)c1ccc(Cl)c([N+](=O)[O-])c1. The second kappa shape index (κ2) is 9.29. The summed E-state index contributed by atoms with van der Waals surface area (Å²) in [7, 11) is 0. The van der Waals surface area contributed by atoms with Crippen LogP contribution in [0, 0.1) is 10.1 Å². The molecule has 0 aliphatic rings. The van der Waals surface area contributed by atoms with Gasteiger partial charge in [-0.3, -0.25) is 30.6 Å². The van der Waals surface area contributed by atoms with Gasteiger partial charge in [-0.25, -0.2) is 0 Å². The van der Waals surface area contributed by atoms with Crippen molar-refractivity contribution in [1.29, 1.82) is 0 Å². The van der Waals surface area contributed by atoms with Gasteiger partial charge in [0.25, 0.3) is 11.6 Å². The lowest BCUT2D eigenvalue weighted by atomic mass is 10.0. The highest BCUT2D eigenvalue weighted by Crippen LogP contribution is 2.25. The zero-order valence-electron chi connectivity index (χ0n) is 15.3. The van der Waals surface area contributed by atoms with Gasteiger partial charge in [-0.05, 0) is 40.7 Å². The van der Waals surface area contributed by atoms with Crippen molar-refractivity contribution in [2.24, 2.45) is 0 Å². The summed E-state index contributed by atoms with van der Waals surface area (Å²) in [4.78, 5) is 34.7. The van der Waals surface area contributed by atoms with Crippen molar-refractivity contribution >= 4 is 57.2 Å². The molecule has 2 amide bonds. The quantitative estimate of drug-likeness (QED) is 0.324. The molecule has 0 atom stereocenters. The van der Waals surface area contributed by atoms with Crippen molar-refractivity contribution in [3.05, 3.63) is 86.9 Å². The fraction of sp³-hybridized carbons (Fsp3) is 0.0500. The third-order valence-corrected chi connectivity index (χ3v) is 4.70. The number of nitro benzene ring substituents is 1. The third kappa shape index (κ3) is 5.07. The minimum Gasteiger partial charge on any atom is -0.302 e. The molecule has 0 aromatic heterocycles. The van der Waals surface area contributed by atoms with Gasteiger partial charge in [0.2, 0.25) is 5.91 Å². The average molecular weight is 443 g/mol. The maximum absolute atomic E-state index is 12.3. The predicted molar refractivity (Wildman–Crippen MR) is 117 cm³/mol. The lowest BCUT2D eigenvalue weighted by molar-refractivity contribution is -0.384. The number of halogens is 1. The minimum atomic E-state index is -0.690. The van der Waals surface area contributed by atoms with Crippen molar-refractivity contribution in [2.75, 3.05) is 0 Å². The van der Waals surface area contributed by atoms with Gasteiger partial charge in [0.15, 0.2) is 5.11 Å². The summed E-state index contributed by atoms with van der Waals surface area (Å²) in [6, 6.07) is 17.0. The van der Waals surface area contributed by atoms with E-state index in [1.165, 1.54) is 12.1 Å². The Morgan fingerprint density at radius 2 is 1.77 bits per heavy atom. The summed E-state index contributed by atoms with van der Waals surface area (Å²) in [6.07, 6.45) is 0.0977. The number of thiocarbonyl (C=S) groups is 1. The Balaban J connectivity index is 1.56. The number of nitro groups is 1. The molecule has 0 unspecified atom stereocenters. The fourth-order valence-electron chi connectivity index (χ4n) is 2.80. The number of hydrogen-bond donors (Lipinski definition) is 3. The first-order valence-corrected chi connectivity index (χ1v) is 9.44. The van der Waals surface area contributed by atoms with Gasteiger partial charge in [0.05, 0.1) is 11.3 Å². The van der Waals surface area contributed by atoms with Crippen LogP contribution in [0.3, 0.4) is 0 Å². The lowest BCUT2D eigenvalue weighted by Gasteiger charge is -2.11. The van der Waals surface area contributed by atoms with Gasteiger partial charge in [0.1, 0.15) is 5.02 Å². The fourth-order valence-corrected chi connectivity index (χ4v) is 3.15. The Morgan fingerprint density at radius 3 is 2.53 bits per heavy atom. The van der Waals surface area contributed by atoms with Crippen LogP contribution >= 0.6 is 23.8 Å². The molecule has 3 aromatic carbocycles. The molecule has 10 heteroatoms. The number of nitrogens with one attached hydrogen (secondary N) is 3. The summed E-state index contributed by atoms with van der Waals surface area (Å²) < 4.78 is 0. The van der Waals surface area contributed by atoms with E-state index in [9.17, 15) is 19.7 Å². The van der Waals surface area contributed by atoms with Crippen molar-refractivity contribution < 1.29 is 14.5 Å². The van der Waals surface area contributed by atoms with E-state index in [0.717, 1.165) is 22.4 Å². The van der Waals surface area contributed by atoms with Crippen LogP contribution in [0.5, 0.6) is 0 Å². The molecule has 0 saturated carbocycles. The molecule has 152 valence electrons. The number of amides is 2. The van der Waals surface area contributed by atoms with E-state index in [-0.39, 0.29) is 28.0 Å². The lowest BCUT2D eigenvalue weighted by Crippen LogP contribution is -2.48. The monoisotopic (exact) mass is 442 g/mol. The molecule has 3 rings (SSSR count). The molecule has 0 bridgehead atoms. The number of hydrazine groups is 1. The Bertz CT molecular complexity index is 1160. The first-order valence-electron chi connectivity index (χ1n) is 8.66. The highest BCUT2D eigenvalue weighted by molar-refractivity contribution is 7.80. The maximum atomic E-state index is 12.3. The van der Waals surface area contributed by atoms with Gasteiger partial charge in [-0.2, -0.15) is 0 Å². The molecule has 8 nitrogen and oxygen atoms in total. The van der Waals surface area contributed by atoms with E-state index >= 15 is 0 Å². The highest BCUT2D eigenvalue weighted by atomic mass is 35.5. The highest BCUT2D eigenvalue weighted by Gasteiger charge is 2.16. The van der Waals surface area contributed by atoms with Crippen molar-refractivity contribution in [3.8, 4) is 0 Å². The smallest absolute Gasteiger partial charge is 0.288 e. The van der Waals surface area contributed by atoms with Gasteiger partial charge < -0.3 is 5.32 Å². The van der Waals surface area contributed by atoms with Crippen molar-refractivity contribution in [2.45, 2.75) is 6.42 Å². The van der Waals surface area contributed by atoms with Gasteiger partial charge >= 0.3 is 0 Å². The molecular formula is C20H15ClN4O4S. The van der Waals surface area contributed by atoms with E-state index in [4.69, 9.17) is 23.8 Å². The summed E-state index contributed by atoms with van der Waals surface area (Å²) in [6.45, 7) is 0. The van der Waals surface area contributed by atoms with E-state index in [1.54, 1.807) is 0 Å². The van der Waals surface area contributed by atoms with Crippen LogP contribution in [0.1, 0.15) is 15.9 Å². The maximum Gasteiger partial charge on any atom is 0.288 e. The van der Waals surface area contributed by atoms with Crippen molar-refractivity contribution in [1.82, 2.24) is 16.2 Å². The number of carbonyl (C=O) groups excluding carboxylic acids is 2. The number of nitrogens with zero attached hydrogens (tertiary/aromatic N) is 1. The number of carbonyl (C=O) groups is 2. The van der Waals surface area contributed by atoms with Crippen LogP contribution in [0.15, 0.2) is 60.7 Å². The standard InChI is InChI=1S/C20H15ClN4O4S/c21-16-9-8-14(10-17(16)25(28)29)19(27)23-24-20(30)22-18(26)11-13-6-3-5-12-4-1-2-7-15(12)13/h1-10H,11H2,(H,23,27)(H2,22,24,26,30). The zero-order chi connectivity index (χ0) is 21.7. The Hall–Kier alpha value is -3.56. The average Bonchev–Trinajstić information content (AvgIpc) is 2.72. The predicted octanol–water partition coefficient (Wildman–Crippen LogP) is 3.28. The Labute approximate surface area is 181 Å². The van der Waals surface area contributed by atoms with Gasteiger partial charge in [-0.15, -0.1) is 0 Å². The summed E-state index contributed by atoms with van der Waals surface area (Å²) in [5.41, 5.74) is 5.12. The number of rotatable bonds is 4. The molecule has 0 spiro atoms. The van der Waals surface area contributed by atoms with E-state index in [0.29, 0.717) is 0 Å². The van der Waals surface area contributed by atoms with Crippen LogP contribution in [0.25, 0.3) is 10.8 Å². The van der Waals surface area contributed by atoms with Crippen LogP contribution in [0.2, 0.25) is 5.02 Å². The first-order chi connectivity index (χ1) is 14.3. The molecule has 0 fully saturated rings. The molecule has 0 radical (unpaired) electrons. The molecule has 30 heavy (non-hydrogen) atoms. The Morgan fingerprint density at radius 1 is 1.03 bits per heavy atom. The summed E-state index contributed by atoms with van der Waals surface area (Å²) >= 11 is 10.7. The molecule has 3 N–H and O–H groups in total. The van der Waals surface area contributed by atoms with Crippen LogP contribution in [-0.2, 0) is 11.2 Å². The minimum absolute atomic E-state index is 0.00322. The first kappa shape index (κ1) is 21.2. The van der Waals surface area contributed by atoms with Crippen LogP contribution < -0.4 is 16.2 Å². The second-order valence-electron chi connectivity index (χ2n) is 6.19. The molecule has 0 saturated heterocycles. The number of benzene rings is 3. The van der Waals surface area contributed by atoms with Crippen molar-refractivity contribution in [3.63, 3.8) is 0 Å². The third-order valence-electron chi connectivity index (χ3n) is 4.18. The van der Waals surface area contributed by atoms with E-state index in [2.05, 4.69) is 16.2 Å². The summed E-state index contributed by atoms with van der Waals surface area (Å²) in [5, 5.41) is 15.2. The molecule has 3 aromatic rings. The zero-order valence-corrected chi connectivity index (χ0v) is 16.9. The molecule has 0 heterocycles. The number of fused-ring (bicyclic) bond motifs is 1. The normalized spacial score (nSPS) is 10.3. The number of hydrogen-bond acceptors (Lipinski definition) is 5. The topological polar surface area (TPSA) is 113 Å². The van der Waals surface area contributed by atoms with E-state index in [1.807, 2.05) is 42.5 Å². The molecular weight excluding hydrogens is 428 g/mol.